The number of alkyl carbamates (subject to hydrolysis) is 1. The minimum absolute atomic E-state index is 0.00981. The smallest absolute Gasteiger partial charge is 0.407 e. The third-order valence-corrected chi connectivity index (χ3v) is 10.8. The van der Waals surface area contributed by atoms with Crippen LogP contribution in [0.15, 0.2) is 43.1 Å². The molecule has 2 aliphatic carbocycles. The van der Waals surface area contributed by atoms with Gasteiger partial charge in [-0.1, -0.05) is 18.2 Å². The number of hydrogen-bond acceptors (Lipinski definition) is 9. The number of carbonyl (C=O) groups is 4. The predicted octanol–water partition coefficient (Wildman–Crippen LogP) is 1.70. The van der Waals surface area contributed by atoms with Crippen molar-refractivity contribution in [2.75, 3.05) is 13.2 Å². The molecule has 2 saturated carbocycles. The highest BCUT2D eigenvalue weighted by Crippen LogP contribution is 2.45. The van der Waals surface area contributed by atoms with E-state index in [1.807, 2.05) is 24.3 Å². The summed E-state index contributed by atoms with van der Waals surface area (Å²) in [6, 6.07) is 5.79. The number of nitrogens with one attached hydrogen (secondary N) is 3. The van der Waals surface area contributed by atoms with Crippen LogP contribution in [0.25, 0.3) is 10.8 Å². The van der Waals surface area contributed by atoms with Crippen molar-refractivity contribution in [3.8, 4) is 5.88 Å². The number of carbonyl (C=O) groups excluding carboxylic acids is 4. The highest BCUT2D eigenvalue weighted by molar-refractivity contribution is 7.91. The molecule has 13 nitrogen and oxygen atoms in total. The Labute approximate surface area is 261 Å². The first-order chi connectivity index (χ1) is 21.5. The molecule has 3 N–H and O–H groups in total. The molecule has 1 unspecified atom stereocenters. The highest BCUT2D eigenvalue weighted by atomic mass is 32.2. The van der Waals surface area contributed by atoms with Crippen LogP contribution in [0.5, 0.6) is 5.88 Å². The molecule has 1 saturated heterocycles. The fourth-order valence-corrected chi connectivity index (χ4v) is 7.48. The maximum atomic E-state index is 13.9. The van der Waals surface area contributed by atoms with Gasteiger partial charge in [-0.3, -0.25) is 19.1 Å². The van der Waals surface area contributed by atoms with Gasteiger partial charge in [0.25, 0.3) is 5.91 Å². The van der Waals surface area contributed by atoms with Gasteiger partial charge in [-0.25, -0.2) is 18.2 Å². The average molecular weight is 640 g/mol. The van der Waals surface area contributed by atoms with Crippen LogP contribution >= 0.6 is 0 Å². The normalized spacial score (nSPS) is 28.8. The zero-order chi connectivity index (χ0) is 31.9. The molecule has 0 radical (unpaired) electrons. The molecule has 0 spiro atoms. The van der Waals surface area contributed by atoms with Gasteiger partial charge in [0.1, 0.15) is 23.7 Å². The molecule has 240 valence electrons. The molecule has 2 aromatic rings. The number of hydrogen-bond donors (Lipinski definition) is 3. The van der Waals surface area contributed by atoms with Gasteiger partial charge in [0.2, 0.25) is 27.7 Å². The van der Waals surface area contributed by atoms with Crippen molar-refractivity contribution in [1.29, 1.82) is 0 Å². The number of rotatable bonds is 6. The topological polar surface area (TPSA) is 173 Å². The summed E-state index contributed by atoms with van der Waals surface area (Å²) >= 11 is 0. The maximum Gasteiger partial charge on any atom is 0.407 e. The highest BCUT2D eigenvalue weighted by Gasteiger charge is 2.62. The Hall–Kier alpha value is -4.20. The molecule has 4 amide bonds. The van der Waals surface area contributed by atoms with Gasteiger partial charge in [-0.2, -0.15) is 0 Å². The number of aromatic nitrogens is 1. The summed E-state index contributed by atoms with van der Waals surface area (Å²) in [6.45, 7) is 5.42. The molecule has 14 heteroatoms. The van der Waals surface area contributed by atoms with Crippen molar-refractivity contribution in [1.82, 2.24) is 25.2 Å². The Bertz CT molecular complexity index is 1660. The molecule has 3 fully saturated rings. The summed E-state index contributed by atoms with van der Waals surface area (Å²) < 4.78 is 38.8. The molecular formula is C31H37N5O8S. The fraction of sp³-hybridized carbons (Fsp3) is 0.516. The molecule has 2 aliphatic heterocycles. The van der Waals surface area contributed by atoms with Gasteiger partial charge in [0.15, 0.2) is 0 Å². The minimum atomic E-state index is -3.86. The van der Waals surface area contributed by atoms with Crippen LogP contribution < -0.4 is 20.1 Å². The molecule has 45 heavy (non-hydrogen) atoms. The van der Waals surface area contributed by atoms with Crippen LogP contribution in [-0.4, -0.2) is 84.2 Å². The Morgan fingerprint density at radius 3 is 2.73 bits per heavy atom. The second-order valence-corrected chi connectivity index (χ2v) is 14.3. The van der Waals surface area contributed by atoms with Gasteiger partial charge in [-0.05, 0) is 68.5 Å². The van der Waals surface area contributed by atoms with Crippen molar-refractivity contribution in [2.24, 2.45) is 5.92 Å². The van der Waals surface area contributed by atoms with Crippen molar-refractivity contribution >= 4 is 44.6 Å². The van der Waals surface area contributed by atoms with Crippen molar-refractivity contribution in [3.05, 3.63) is 48.7 Å². The summed E-state index contributed by atoms with van der Waals surface area (Å²) in [5, 5.41) is 6.39. The number of nitrogens with zero attached hydrogens (tertiary/aromatic N) is 2. The van der Waals surface area contributed by atoms with Crippen LogP contribution in [0, 0.1) is 5.92 Å². The monoisotopic (exact) mass is 639 g/mol. The van der Waals surface area contributed by atoms with Crippen LogP contribution in [0.3, 0.4) is 0 Å². The van der Waals surface area contributed by atoms with Gasteiger partial charge in [0.05, 0.1) is 18.4 Å². The lowest BCUT2D eigenvalue weighted by atomic mass is 10.0. The van der Waals surface area contributed by atoms with Crippen LogP contribution in [-0.2, 0) is 35.6 Å². The zero-order valence-corrected chi connectivity index (χ0v) is 25.8. The van der Waals surface area contributed by atoms with E-state index in [1.165, 1.54) is 17.9 Å². The molecule has 6 rings (SSSR count). The van der Waals surface area contributed by atoms with E-state index in [9.17, 15) is 27.6 Å². The largest absolute Gasteiger partial charge is 0.472 e. The summed E-state index contributed by atoms with van der Waals surface area (Å²) in [7, 11) is -3.86. The predicted molar refractivity (Wildman–Crippen MR) is 162 cm³/mol. The molecular weight excluding hydrogens is 602 g/mol. The van der Waals surface area contributed by atoms with Gasteiger partial charge < -0.3 is 25.0 Å². The Morgan fingerprint density at radius 2 is 2.00 bits per heavy atom. The lowest BCUT2D eigenvalue weighted by Crippen LogP contribution is -2.58. The number of aryl methyl sites for hydroxylation is 1. The fourth-order valence-electron chi connectivity index (χ4n) is 6.12. The van der Waals surface area contributed by atoms with E-state index in [1.54, 1.807) is 6.20 Å². The van der Waals surface area contributed by atoms with E-state index in [4.69, 9.17) is 9.47 Å². The van der Waals surface area contributed by atoms with Crippen molar-refractivity contribution < 1.29 is 37.1 Å². The Balaban J connectivity index is 1.28. The van der Waals surface area contributed by atoms with E-state index < -0.39 is 68.7 Å². The summed E-state index contributed by atoms with van der Waals surface area (Å²) in [5.74, 6) is -2.13. The number of amides is 4. The summed E-state index contributed by atoms with van der Waals surface area (Å²) in [5.41, 5.74) is -0.444. The van der Waals surface area contributed by atoms with E-state index in [0.717, 1.165) is 29.2 Å². The molecule has 1 aromatic heterocycles. The third-order valence-electron chi connectivity index (χ3n) is 8.97. The molecule has 4 aliphatic rings. The summed E-state index contributed by atoms with van der Waals surface area (Å²) in [4.78, 5) is 59.1. The summed E-state index contributed by atoms with van der Waals surface area (Å²) in [6.07, 6.45) is 5.11. The van der Waals surface area contributed by atoms with E-state index in [-0.39, 0.29) is 26.0 Å². The molecule has 4 bridgehead atoms. The van der Waals surface area contributed by atoms with E-state index in [2.05, 4.69) is 26.9 Å². The number of fused-ring (bicyclic) bond motifs is 3. The van der Waals surface area contributed by atoms with Crippen LogP contribution in [0.2, 0.25) is 0 Å². The quantitative estimate of drug-likeness (QED) is 0.398. The van der Waals surface area contributed by atoms with Crippen molar-refractivity contribution in [2.45, 2.75) is 80.8 Å². The van der Waals surface area contributed by atoms with Gasteiger partial charge >= 0.3 is 6.09 Å². The molecule has 1 aromatic carbocycles. The van der Waals surface area contributed by atoms with Crippen molar-refractivity contribution in [3.63, 3.8) is 0 Å². The number of benzene rings is 1. The first-order valence-corrected chi connectivity index (χ1v) is 16.8. The number of ether oxygens (including phenoxy) is 2. The van der Waals surface area contributed by atoms with E-state index in [0.29, 0.717) is 25.1 Å². The second-order valence-electron chi connectivity index (χ2n) is 12.3. The standard InChI is InChI=1S/C31H37N5O8S/c1-3-21-16-31(21,29(39)35-45(41,42)23-9-10-23)34-26(37)25-15-22-17-36(25)28(38)18(2)33-30(40)43-13-5-4-6-19-7-8-20-11-12-32-27(44-22)24(20)14-19/h3,7-8,11-12,14,18,21-23,25H,1,4-6,9-10,13,15-17H2,2H3,(H,33,40)(H,34,37)(H,35,39)/t18-,21?,22+,25-,31+/m0/s1. The number of sulfonamides is 1. The zero-order valence-electron chi connectivity index (χ0n) is 25.0. The first kappa shape index (κ1) is 30.8. The lowest BCUT2D eigenvalue weighted by Gasteiger charge is -2.28. The first-order valence-electron chi connectivity index (χ1n) is 15.3. The maximum absolute atomic E-state index is 13.9. The molecule has 3 heterocycles. The van der Waals surface area contributed by atoms with Crippen LogP contribution in [0.4, 0.5) is 4.79 Å². The molecule has 5 atom stereocenters. The van der Waals surface area contributed by atoms with Crippen LogP contribution in [0.1, 0.15) is 51.0 Å². The number of cyclic esters (lactones) is 1. The SMILES string of the molecule is C=CC1C[C@]1(NC(=O)[C@@H]1C[C@@H]2CN1C(=O)[C@H](C)NC(=O)OCCCCc1ccc3ccnc(c3c1)O2)C(=O)NS(=O)(=O)C1CC1. The second kappa shape index (κ2) is 12.0. The van der Waals surface area contributed by atoms with E-state index >= 15 is 0 Å². The van der Waals surface area contributed by atoms with Gasteiger partial charge in [0, 0.05) is 23.9 Å². The van der Waals surface area contributed by atoms with Gasteiger partial charge in [-0.15, -0.1) is 6.58 Å². The Kier molecular flexibility index (Phi) is 8.18. The Morgan fingerprint density at radius 1 is 1.20 bits per heavy atom. The lowest BCUT2D eigenvalue weighted by molar-refractivity contribution is -0.140. The third kappa shape index (κ3) is 6.33. The average Bonchev–Trinajstić information content (AvgIpc) is 3.93. The minimum Gasteiger partial charge on any atom is -0.472 e. The number of pyridine rings is 1.